The minimum atomic E-state index is 0. The molecule has 98 valence electrons. The number of aromatic hydroxyl groups is 1. The number of aryl methyl sites for hydroxylation is 1. The topological polar surface area (TPSA) is 44.0 Å². The second-order valence-corrected chi connectivity index (χ2v) is 4.24. The molecule has 0 atom stereocenters. The second kappa shape index (κ2) is 7.99. The third kappa shape index (κ3) is 4.30. The molecule has 3 aromatic rings. The van der Waals surface area contributed by atoms with Gasteiger partial charge in [-0.15, -0.1) is 17.1 Å². The fourth-order valence-electron chi connectivity index (χ4n) is 1.74. The standard InChI is InChI=1S/C11H9O.C6H6N.U/c1-8-6-7-9-4-2-3-5-10(9)11(8)12;7-6-4-2-1-3-5-6;/h3-7,12H,1H3;1-5,7H;/q2*-1;+2. The van der Waals surface area contributed by atoms with Crippen molar-refractivity contribution in [2.45, 2.75) is 6.92 Å². The van der Waals surface area contributed by atoms with Crippen molar-refractivity contribution in [3.8, 4) is 5.75 Å². The first-order valence-corrected chi connectivity index (χ1v) is 6.03. The van der Waals surface area contributed by atoms with Gasteiger partial charge in [0, 0.05) is 0 Å². The van der Waals surface area contributed by atoms with Crippen LogP contribution in [0.3, 0.4) is 0 Å². The van der Waals surface area contributed by atoms with Gasteiger partial charge in [-0.3, -0.25) is 0 Å². The van der Waals surface area contributed by atoms with Gasteiger partial charge >= 0.3 is 31.1 Å². The number of phenols is 1. The summed E-state index contributed by atoms with van der Waals surface area (Å²) in [5, 5.41) is 11.6. The molecule has 0 amide bonds. The summed E-state index contributed by atoms with van der Waals surface area (Å²) in [5.74, 6) is 0.376. The zero-order chi connectivity index (χ0) is 13.7. The Morgan fingerprint density at radius 1 is 1.00 bits per heavy atom. The fraction of sp³-hybridized carbons (Fsp3) is 0.0588. The van der Waals surface area contributed by atoms with E-state index in [0.29, 0.717) is 11.4 Å². The van der Waals surface area contributed by atoms with Gasteiger partial charge in [-0.05, 0) is 12.5 Å². The summed E-state index contributed by atoms with van der Waals surface area (Å²) in [6.45, 7) is 1.89. The zero-order valence-electron chi connectivity index (χ0n) is 11.2. The Morgan fingerprint density at radius 3 is 2.30 bits per heavy atom. The van der Waals surface area contributed by atoms with E-state index in [4.69, 9.17) is 5.73 Å². The number of rotatable bonds is 0. The van der Waals surface area contributed by atoms with Crippen LogP contribution in [0.2, 0.25) is 0 Å². The number of fused-ring (bicyclic) bond motifs is 1. The fourth-order valence-corrected chi connectivity index (χ4v) is 1.74. The van der Waals surface area contributed by atoms with Crippen LogP contribution < -0.4 is 0 Å². The van der Waals surface area contributed by atoms with Crippen LogP contribution in [-0.2, 0) is 0 Å². The average molecular weight is 487 g/mol. The summed E-state index contributed by atoms with van der Waals surface area (Å²) < 4.78 is 0. The maximum Gasteiger partial charge on any atom is 2.00 e. The summed E-state index contributed by atoms with van der Waals surface area (Å²) >= 11 is 0. The van der Waals surface area contributed by atoms with Gasteiger partial charge in [0.15, 0.2) is 0 Å². The van der Waals surface area contributed by atoms with Gasteiger partial charge < -0.3 is 10.8 Å². The molecule has 0 saturated carbocycles. The van der Waals surface area contributed by atoms with Crippen LogP contribution in [-0.4, -0.2) is 5.11 Å². The minimum Gasteiger partial charge on any atom is -0.699 e. The monoisotopic (exact) mass is 487 g/mol. The van der Waals surface area contributed by atoms with E-state index in [9.17, 15) is 5.11 Å². The van der Waals surface area contributed by atoms with Gasteiger partial charge in [-0.2, -0.15) is 24.3 Å². The van der Waals surface area contributed by atoms with Crippen molar-refractivity contribution in [1.82, 2.24) is 0 Å². The van der Waals surface area contributed by atoms with Crippen LogP contribution in [0, 0.1) is 44.1 Å². The van der Waals surface area contributed by atoms with Gasteiger partial charge in [0.2, 0.25) is 0 Å². The third-order valence-corrected chi connectivity index (χ3v) is 2.81. The molecule has 0 unspecified atom stereocenters. The van der Waals surface area contributed by atoms with Crippen molar-refractivity contribution in [3.63, 3.8) is 0 Å². The van der Waals surface area contributed by atoms with Crippen LogP contribution in [0.1, 0.15) is 5.56 Å². The van der Waals surface area contributed by atoms with E-state index in [0.717, 1.165) is 16.3 Å². The summed E-state index contributed by atoms with van der Waals surface area (Å²) in [4.78, 5) is 0. The molecule has 0 aliphatic heterocycles. The predicted molar refractivity (Wildman–Crippen MR) is 79.6 cm³/mol. The zero-order valence-corrected chi connectivity index (χ0v) is 15.4. The van der Waals surface area contributed by atoms with Crippen molar-refractivity contribution < 1.29 is 36.2 Å². The summed E-state index contributed by atoms with van der Waals surface area (Å²) in [6, 6.07) is 21.5. The Bertz CT molecular complexity index is 668. The average Bonchev–Trinajstić information content (AvgIpc) is 2.45. The molecule has 0 aliphatic carbocycles. The number of benzene rings is 3. The van der Waals surface area contributed by atoms with Crippen LogP contribution in [0.4, 0.5) is 5.69 Å². The van der Waals surface area contributed by atoms with Crippen molar-refractivity contribution in [2.75, 3.05) is 0 Å². The second-order valence-electron chi connectivity index (χ2n) is 4.24. The Labute approximate surface area is 143 Å². The molecule has 20 heavy (non-hydrogen) atoms. The Balaban J connectivity index is 0.000000216. The maximum atomic E-state index is 9.64. The normalized spacial score (nSPS) is 9.25. The first-order chi connectivity index (χ1) is 9.18. The number of hydrogen-bond acceptors (Lipinski definition) is 1. The molecule has 0 aliphatic rings. The van der Waals surface area contributed by atoms with Crippen molar-refractivity contribution in [3.05, 3.63) is 78.0 Å². The van der Waals surface area contributed by atoms with Gasteiger partial charge in [-0.25, -0.2) is 0 Å². The molecule has 0 fully saturated rings. The smallest absolute Gasteiger partial charge is 0.699 e. The van der Waals surface area contributed by atoms with Crippen molar-refractivity contribution in [2.24, 2.45) is 0 Å². The Hall–Kier alpha value is -1.43. The van der Waals surface area contributed by atoms with Gasteiger partial charge in [0.25, 0.3) is 0 Å². The van der Waals surface area contributed by atoms with Gasteiger partial charge in [0.1, 0.15) is 5.75 Å². The maximum absolute atomic E-state index is 9.64. The minimum absolute atomic E-state index is 0. The molecule has 3 heteroatoms. The number of phenolic OH excluding ortho intramolecular Hbond substituents is 1. The van der Waals surface area contributed by atoms with E-state index in [1.54, 1.807) is 12.1 Å². The quantitative estimate of drug-likeness (QED) is 0.445. The first-order valence-electron chi connectivity index (χ1n) is 6.03. The Kier molecular flexibility index (Phi) is 6.64. The van der Waals surface area contributed by atoms with Crippen LogP contribution in [0.5, 0.6) is 5.75 Å². The van der Waals surface area contributed by atoms with E-state index < -0.39 is 0 Å². The molecule has 0 aromatic heterocycles. The molecule has 2 nitrogen and oxygen atoms in total. The molecule has 2 N–H and O–H groups in total. The molecule has 3 aromatic carbocycles. The molecule has 3 rings (SSSR count). The first kappa shape index (κ1) is 16.6. The predicted octanol–water partition coefficient (Wildman–Crippen LogP) is 5.02. The van der Waals surface area contributed by atoms with Gasteiger partial charge in [-0.1, -0.05) is 41.8 Å². The van der Waals surface area contributed by atoms with Crippen LogP contribution in [0.25, 0.3) is 16.5 Å². The molecular weight excluding hydrogens is 472 g/mol. The summed E-state index contributed by atoms with van der Waals surface area (Å²) in [5.41, 5.74) is 8.48. The Morgan fingerprint density at radius 2 is 1.70 bits per heavy atom. The van der Waals surface area contributed by atoms with Crippen LogP contribution >= 0.6 is 0 Å². The molecule has 0 bridgehead atoms. The summed E-state index contributed by atoms with van der Waals surface area (Å²) in [7, 11) is 0. The van der Waals surface area contributed by atoms with E-state index in [-0.39, 0.29) is 31.1 Å². The summed E-state index contributed by atoms with van der Waals surface area (Å²) in [6.07, 6.45) is 0. The number of hydrogen-bond donors (Lipinski definition) is 1. The molecule has 0 spiro atoms. The molecule has 0 saturated heterocycles. The van der Waals surface area contributed by atoms with Crippen molar-refractivity contribution in [1.29, 1.82) is 0 Å². The molecular formula is C17H15NOU. The molecule has 0 radical (unpaired) electrons. The van der Waals surface area contributed by atoms with Gasteiger partial charge in [0.05, 0.1) is 0 Å². The third-order valence-electron chi connectivity index (χ3n) is 2.81. The van der Waals surface area contributed by atoms with Crippen LogP contribution in [0.15, 0.2) is 60.7 Å². The van der Waals surface area contributed by atoms with Crippen molar-refractivity contribution >= 4 is 16.5 Å². The van der Waals surface area contributed by atoms with E-state index >= 15 is 0 Å². The van der Waals surface area contributed by atoms with E-state index in [1.807, 2.05) is 55.5 Å². The van der Waals surface area contributed by atoms with E-state index in [2.05, 4.69) is 6.07 Å². The molecule has 0 heterocycles. The SMILES string of the molecule is Cc1ccc2c[c-]ccc2c1O.[NH-]c1ccccc1.[U+2]. The number of nitrogens with one attached hydrogen (secondary N) is 1. The van der Waals surface area contributed by atoms with E-state index in [1.165, 1.54) is 0 Å². The largest absolute Gasteiger partial charge is 2.00 e.